The summed E-state index contributed by atoms with van der Waals surface area (Å²) in [7, 11) is 0. The SMILES string of the molecule is CC1=CCC2C3=CCc4ccccc4C3CCC12C. The zero-order valence-corrected chi connectivity index (χ0v) is 11.9. The van der Waals surface area contributed by atoms with Gasteiger partial charge in [0.05, 0.1) is 0 Å². The van der Waals surface area contributed by atoms with Crippen LogP contribution in [0.25, 0.3) is 0 Å². The fraction of sp³-hybridized carbons (Fsp3) is 0.474. The first-order valence-corrected chi connectivity index (χ1v) is 7.65. The molecule has 0 bridgehead atoms. The van der Waals surface area contributed by atoms with E-state index in [1.54, 1.807) is 22.3 Å². The van der Waals surface area contributed by atoms with E-state index in [2.05, 4.69) is 50.3 Å². The lowest BCUT2D eigenvalue weighted by atomic mass is 9.58. The first kappa shape index (κ1) is 11.5. The van der Waals surface area contributed by atoms with Gasteiger partial charge in [0, 0.05) is 5.92 Å². The molecule has 0 aromatic heterocycles. The Labute approximate surface area is 116 Å². The third-order valence-electron chi connectivity index (χ3n) is 6.07. The first-order valence-electron chi connectivity index (χ1n) is 7.65. The normalized spacial score (nSPS) is 35.9. The molecule has 0 nitrogen and oxygen atoms in total. The number of benzene rings is 1. The number of fused-ring (bicyclic) bond motifs is 5. The molecule has 1 fully saturated rings. The molecule has 3 aliphatic rings. The van der Waals surface area contributed by atoms with Crippen LogP contribution in [-0.2, 0) is 6.42 Å². The van der Waals surface area contributed by atoms with E-state index in [4.69, 9.17) is 0 Å². The second kappa shape index (κ2) is 3.85. The van der Waals surface area contributed by atoms with Crippen molar-refractivity contribution in [3.05, 3.63) is 58.7 Å². The van der Waals surface area contributed by atoms with Crippen molar-refractivity contribution in [2.75, 3.05) is 0 Å². The van der Waals surface area contributed by atoms with Crippen molar-refractivity contribution < 1.29 is 0 Å². The van der Waals surface area contributed by atoms with Crippen LogP contribution in [0.3, 0.4) is 0 Å². The lowest BCUT2D eigenvalue weighted by molar-refractivity contribution is 0.218. The average molecular weight is 250 g/mol. The molecule has 0 saturated heterocycles. The van der Waals surface area contributed by atoms with Crippen LogP contribution in [0.5, 0.6) is 0 Å². The third-order valence-corrected chi connectivity index (χ3v) is 6.07. The molecule has 0 spiro atoms. The minimum absolute atomic E-state index is 0.453. The van der Waals surface area contributed by atoms with Crippen molar-refractivity contribution in [1.82, 2.24) is 0 Å². The molecule has 3 atom stereocenters. The molecule has 3 aliphatic carbocycles. The zero-order valence-electron chi connectivity index (χ0n) is 11.9. The largest absolute Gasteiger partial charge is 0.0844 e. The molecule has 98 valence electrons. The van der Waals surface area contributed by atoms with Gasteiger partial charge in [0.1, 0.15) is 0 Å². The highest BCUT2D eigenvalue weighted by molar-refractivity contribution is 5.46. The fourth-order valence-electron chi connectivity index (χ4n) is 4.70. The molecule has 0 N–H and O–H groups in total. The van der Waals surface area contributed by atoms with Crippen LogP contribution in [-0.4, -0.2) is 0 Å². The minimum atomic E-state index is 0.453. The smallest absolute Gasteiger partial charge is 0.00546 e. The monoisotopic (exact) mass is 250 g/mol. The summed E-state index contributed by atoms with van der Waals surface area (Å²) < 4.78 is 0. The second-order valence-electron chi connectivity index (χ2n) is 6.79. The highest BCUT2D eigenvalue weighted by Gasteiger charge is 2.47. The Hall–Kier alpha value is -1.30. The van der Waals surface area contributed by atoms with Crippen molar-refractivity contribution in [1.29, 1.82) is 0 Å². The van der Waals surface area contributed by atoms with Gasteiger partial charge in [-0.1, -0.05) is 54.5 Å². The maximum atomic E-state index is 2.56. The summed E-state index contributed by atoms with van der Waals surface area (Å²) in [5.74, 6) is 1.49. The van der Waals surface area contributed by atoms with E-state index in [9.17, 15) is 0 Å². The quantitative estimate of drug-likeness (QED) is 0.567. The Kier molecular flexibility index (Phi) is 2.33. The van der Waals surface area contributed by atoms with Crippen molar-refractivity contribution in [2.24, 2.45) is 11.3 Å². The average Bonchev–Trinajstić information content (AvgIpc) is 2.75. The van der Waals surface area contributed by atoms with Gasteiger partial charge in [-0.2, -0.15) is 0 Å². The van der Waals surface area contributed by atoms with Crippen LogP contribution in [0.2, 0.25) is 0 Å². The highest BCUT2D eigenvalue weighted by atomic mass is 14.5. The lowest BCUT2D eigenvalue weighted by Crippen LogP contribution is -2.34. The molecule has 0 radical (unpaired) electrons. The van der Waals surface area contributed by atoms with Gasteiger partial charge in [0.2, 0.25) is 0 Å². The number of hydrogen-bond donors (Lipinski definition) is 0. The Morgan fingerprint density at radius 2 is 2.00 bits per heavy atom. The zero-order chi connectivity index (χ0) is 13.0. The summed E-state index contributed by atoms with van der Waals surface area (Å²) in [6, 6.07) is 9.08. The Bertz CT molecular complexity index is 590. The Balaban J connectivity index is 1.78. The topological polar surface area (TPSA) is 0 Å². The van der Waals surface area contributed by atoms with Crippen LogP contribution in [0, 0.1) is 11.3 Å². The van der Waals surface area contributed by atoms with E-state index >= 15 is 0 Å². The second-order valence-corrected chi connectivity index (χ2v) is 6.79. The molecular weight excluding hydrogens is 228 g/mol. The number of rotatable bonds is 0. The minimum Gasteiger partial charge on any atom is -0.0844 e. The molecule has 0 heteroatoms. The summed E-state index contributed by atoms with van der Waals surface area (Å²) in [6.45, 7) is 4.84. The van der Waals surface area contributed by atoms with Gasteiger partial charge in [-0.3, -0.25) is 0 Å². The van der Waals surface area contributed by atoms with E-state index in [-0.39, 0.29) is 0 Å². The van der Waals surface area contributed by atoms with E-state index in [0.717, 1.165) is 12.3 Å². The van der Waals surface area contributed by atoms with E-state index in [0.29, 0.717) is 11.3 Å². The molecule has 0 aliphatic heterocycles. The van der Waals surface area contributed by atoms with Crippen LogP contribution in [0.4, 0.5) is 0 Å². The standard InChI is InChI=1S/C19H22/c1-13-7-10-18-17-9-8-14-5-3-4-6-15(14)16(17)11-12-19(13,18)2/h3-7,9,16,18H,8,10-12H2,1-2H3. The lowest BCUT2D eigenvalue weighted by Gasteiger charge is -2.46. The summed E-state index contributed by atoms with van der Waals surface area (Å²) in [4.78, 5) is 0. The summed E-state index contributed by atoms with van der Waals surface area (Å²) in [5, 5.41) is 0. The van der Waals surface area contributed by atoms with Gasteiger partial charge in [0.15, 0.2) is 0 Å². The van der Waals surface area contributed by atoms with Crippen LogP contribution >= 0.6 is 0 Å². The maximum Gasteiger partial charge on any atom is 0.00546 e. The van der Waals surface area contributed by atoms with Gasteiger partial charge in [-0.05, 0) is 55.1 Å². The van der Waals surface area contributed by atoms with Crippen molar-refractivity contribution in [2.45, 2.75) is 45.4 Å². The predicted molar refractivity (Wildman–Crippen MR) is 80.2 cm³/mol. The third kappa shape index (κ3) is 1.46. The Morgan fingerprint density at radius 1 is 1.16 bits per heavy atom. The number of hydrogen-bond acceptors (Lipinski definition) is 0. The molecule has 1 saturated carbocycles. The number of allylic oxidation sites excluding steroid dienone is 4. The Morgan fingerprint density at radius 3 is 2.89 bits per heavy atom. The predicted octanol–water partition coefficient (Wildman–Crippen LogP) is 5.02. The van der Waals surface area contributed by atoms with E-state index < -0.39 is 0 Å². The molecule has 19 heavy (non-hydrogen) atoms. The van der Waals surface area contributed by atoms with Gasteiger partial charge < -0.3 is 0 Å². The molecular formula is C19H22. The van der Waals surface area contributed by atoms with Crippen molar-refractivity contribution >= 4 is 0 Å². The van der Waals surface area contributed by atoms with E-state index in [1.165, 1.54) is 19.3 Å². The van der Waals surface area contributed by atoms with Gasteiger partial charge in [-0.15, -0.1) is 0 Å². The fourth-order valence-corrected chi connectivity index (χ4v) is 4.70. The maximum absolute atomic E-state index is 2.56. The summed E-state index contributed by atoms with van der Waals surface area (Å²) in [5.41, 5.74) is 7.01. The van der Waals surface area contributed by atoms with Crippen molar-refractivity contribution in [3.63, 3.8) is 0 Å². The summed E-state index contributed by atoms with van der Waals surface area (Å²) in [6.07, 6.45) is 10.2. The summed E-state index contributed by atoms with van der Waals surface area (Å²) >= 11 is 0. The van der Waals surface area contributed by atoms with Crippen LogP contribution in [0.1, 0.15) is 50.2 Å². The highest BCUT2D eigenvalue weighted by Crippen LogP contribution is 2.59. The molecule has 1 aromatic carbocycles. The molecule has 1 aromatic rings. The van der Waals surface area contributed by atoms with Crippen LogP contribution in [0.15, 0.2) is 47.6 Å². The van der Waals surface area contributed by atoms with Gasteiger partial charge >= 0.3 is 0 Å². The molecule has 0 amide bonds. The molecule has 4 rings (SSSR count). The van der Waals surface area contributed by atoms with Crippen LogP contribution < -0.4 is 0 Å². The van der Waals surface area contributed by atoms with Gasteiger partial charge in [-0.25, -0.2) is 0 Å². The molecule has 3 unspecified atom stereocenters. The molecule has 0 heterocycles. The van der Waals surface area contributed by atoms with Crippen molar-refractivity contribution in [3.8, 4) is 0 Å². The van der Waals surface area contributed by atoms with E-state index in [1.807, 2.05) is 0 Å². The van der Waals surface area contributed by atoms with Gasteiger partial charge in [0.25, 0.3) is 0 Å². The first-order chi connectivity index (χ1) is 9.20.